The van der Waals surface area contributed by atoms with Crippen LogP contribution in [0, 0.1) is 0 Å². The third-order valence-corrected chi connectivity index (χ3v) is 5.20. The molecule has 4 rings (SSSR count). The van der Waals surface area contributed by atoms with E-state index in [1.54, 1.807) is 19.3 Å². The van der Waals surface area contributed by atoms with Gasteiger partial charge in [0.2, 0.25) is 0 Å². The zero-order valence-corrected chi connectivity index (χ0v) is 19.6. The number of hydrogen-bond acceptors (Lipinski definition) is 5. The first-order valence-electron chi connectivity index (χ1n) is 11.0. The summed E-state index contributed by atoms with van der Waals surface area (Å²) in [6.07, 6.45) is 3.12. The van der Waals surface area contributed by atoms with Crippen molar-refractivity contribution in [3.63, 3.8) is 0 Å². The monoisotopic (exact) mass is 454 g/mol. The van der Waals surface area contributed by atoms with Gasteiger partial charge in [0.1, 0.15) is 16.9 Å². The number of esters is 1. The summed E-state index contributed by atoms with van der Waals surface area (Å²) < 4.78 is 16.3. The molecule has 4 aromatic rings. The van der Waals surface area contributed by atoms with E-state index in [0.717, 1.165) is 27.6 Å². The molecule has 0 aliphatic rings. The van der Waals surface area contributed by atoms with Gasteiger partial charge in [0.05, 0.1) is 12.7 Å². The van der Waals surface area contributed by atoms with Crippen LogP contribution in [0.2, 0.25) is 0 Å². The molecule has 0 saturated carbocycles. The molecule has 0 saturated heterocycles. The number of rotatable bonds is 5. The highest BCUT2D eigenvalue weighted by molar-refractivity contribution is 6.01. The Balaban J connectivity index is 1.81. The highest BCUT2D eigenvalue weighted by Crippen LogP contribution is 2.37. The van der Waals surface area contributed by atoms with E-state index in [4.69, 9.17) is 13.9 Å². The predicted molar refractivity (Wildman–Crippen MR) is 135 cm³/mol. The van der Waals surface area contributed by atoms with E-state index in [9.17, 15) is 9.59 Å². The number of hydrogen-bond donors (Lipinski definition) is 0. The van der Waals surface area contributed by atoms with Crippen LogP contribution in [0.25, 0.3) is 39.3 Å². The number of ether oxygens (including phenoxy) is 2. The van der Waals surface area contributed by atoms with Gasteiger partial charge in [0.15, 0.2) is 0 Å². The lowest BCUT2D eigenvalue weighted by molar-refractivity contribution is -0.148. The molecule has 5 nitrogen and oxygen atoms in total. The summed E-state index contributed by atoms with van der Waals surface area (Å²) in [4.78, 5) is 25.1. The molecule has 5 heteroatoms. The zero-order chi connectivity index (χ0) is 24.3. The molecule has 0 aliphatic carbocycles. The Kier molecular flexibility index (Phi) is 6.37. The van der Waals surface area contributed by atoms with Crippen molar-refractivity contribution in [1.29, 1.82) is 0 Å². The van der Waals surface area contributed by atoms with Crippen molar-refractivity contribution in [3.05, 3.63) is 94.9 Å². The fourth-order valence-electron chi connectivity index (χ4n) is 3.74. The Labute approximate surface area is 198 Å². The molecule has 0 bridgehead atoms. The summed E-state index contributed by atoms with van der Waals surface area (Å²) in [7, 11) is 1.57. The van der Waals surface area contributed by atoms with Gasteiger partial charge in [-0.25, -0.2) is 9.59 Å². The number of carbonyl (C=O) groups is 1. The van der Waals surface area contributed by atoms with Crippen molar-refractivity contribution in [2.24, 2.45) is 0 Å². The van der Waals surface area contributed by atoms with Gasteiger partial charge in [0, 0.05) is 23.1 Å². The summed E-state index contributed by atoms with van der Waals surface area (Å²) >= 11 is 0. The van der Waals surface area contributed by atoms with Gasteiger partial charge in [-0.3, -0.25) is 0 Å². The Morgan fingerprint density at radius 1 is 0.882 bits per heavy atom. The minimum Gasteiger partial charge on any atom is -0.497 e. The lowest BCUT2D eigenvalue weighted by Crippen LogP contribution is -2.22. The van der Waals surface area contributed by atoms with Crippen molar-refractivity contribution in [1.82, 2.24) is 0 Å². The molecule has 0 N–H and O–H groups in total. The third kappa shape index (κ3) is 5.09. The van der Waals surface area contributed by atoms with Crippen LogP contribution >= 0.6 is 0 Å². The Bertz CT molecular complexity index is 1410. The van der Waals surface area contributed by atoms with Gasteiger partial charge >= 0.3 is 11.6 Å². The normalized spacial score (nSPS) is 11.6. The zero-order valence-electron chi connectivity index (χ0n) is 19.6. The van der Waals surface area contributed by atoms with Gasteiger partial charge in [-0.05, 0) is 55.7 Å². The van der Waals surface area contributed by atoms with E-state index in [1.807, 2.05) is 87.5 Å². The SMILES string of the molecule is COc1ccc2c(-c3ccc(/C=C/C(=O)OC(C)(C)C)cc3)c(-c3ccccc3)c(=O)oc2c1. The van der Waals surface area contributed by atoms with E-state index in [0.29, 0.717) is 16.9 Å². The van der Waals surface area contributed by atoms with E-state index in [-0.39, 0.29) is 0 Å². The minimum absolute atomic E-state index is 0.399. The first kappa shape index (κ1) is 23.1. The molecule has 0 spiro atoms. The molecule has 3 aromatic carbocycles. The number of benzene rings is 3. The maximum atomic E-state index is 13.1. The fourth-order valence-corrected chi connectivity index (χ4v) is 3.74. The van der Waals surface area contributed by atoms with Crippen LogP contribution in [-0.4, -0.2) is 18.7 Å². The molecule has 1 heterocycles. The highest BCUT2D eigenvalue weighted by Gasteiger charge is 2.18. The smallest absolute Gasteiger partial charge is 0.344 e. The van der Waals surface area contributed by atoms with Gasteiger partial charge in [0.25, 0.3) is 0 Å². The Morgan fingerprint density at radius 3 is 2.21 bits per heavy atom. The lowest BCUT2D eigenvalue weighted by Gasteiger charge is -2.17. The first-order valence-corrected chi connectivity index (χ1v) is 11.0. The van der Waals surface area contributed by atoms with Gasteiger partial charge in [-0.15, -0.1) is 0 Å². The molecular formula is C29H26O5. The van der Waals surface area contributed by atoms with Crippen molar-refractivity contribution in [2.75, 3.05) is 7.11 Å². The van der Waals surface area contributed by atoms with Crippen molar-refractivity contribution >= 4 is 23.0 Å². The molecule has 0 radical (unpaired) electrons. The van der Waals surface area contributed by atoms with Crippen LogP contribution < -0.4 is 10.4 Å². The maximum absolute atomic E-state index is 13.1. The van der Waals surface area contributed by atoms with Crippen molar-refractivity contribution in [3.8, 4) is 28.0 Å². The average molecular weight is 455 g/mol. The molecule has 0 fully saturated rings. The predicted octanol–water partition coefficient (Wildman–Crippen LogP) is 6.49. The average Bonchev–Trinajstić information content (AvgIpc) is 2.81. The van der Waals surface area contributed by atoms with Crippen LogP contribution in [-0.2, 0) is 9.53 Å². The molecule has 0 atom stereocenters. The standard InChI is InChI=1S/C29H26O5/c1-29(2,3)34-25(30)17-12-19-10-13-21(14-11-19)26-23-16-15-22(32-4)18-24(23)33-28(31)27(26)20-8-6-5-7-9-20/h5-18H,1-4H3/b17-12+. The molecule has 0 unspecified atom stereocenters. The number of fused-ring (bicyclic) bond motifs is 1. The van der Waals surface area contributed by atoms with Gasteiger partial charge in [-0.2, -0.15) is 0 Å². The number of methoxy groups -OCH3 is 1. The lowest BCUT2D eigenvalue weighted by atomic mass is 9.92. The van der Waals surface area contributed by atoms with Crippen LogP contribution in [0.15, 0.2) is 88.1 Å². The molecule has 34 heavy (non-hydrogen) atoms. The summed E-state index contributed by atoms with van der Waals surface area (Å²) in [6, 6.07) is 22.6. The van der Waals surface area contributed by atoms with E-state index < -0.39 is 17.2 Å². The summed E-state index contributed by atoms with van der Waals surface area (Å²) in [5, 5.41) is 0.802. The van der Waals surface area contributed by atoms with E-state index in [1.165, 1.54) is 6.08 Å². The fraction of sp³-hybridized carbons (Fsp3) is 0.172. The molecule has 1 aromatic heterocycles. The number of carbonyl (C=O) groups excluding carboxylic acids is 1. The topological polar surface area (TPSA) is 65.7 Å². The molecule has 172 valence electrons. The molecule has 0 amide bonds. The Morgan fingerprint density at radius 2 is 1.56 bits per heavy atom. The van der Waals surface area contributed by atoms with Crippen LogP contribution in [0.5, 0.6) is 5.75 Å². The third-order valence-electron chi connectivity index (χ3n) is 5.20. The highest BCUT2D eigenvalue weighted by atomic mass is 16.6. The van der Waals surface area contributed by atoms with Gasteiger partial charge in [-0.1, -0.05) is 54.6 Å². The second kappa shape index (κ2) is 9.40. The second-order valence-corrected chi connectivity index (χ2v) is 8.86. The second-order valence-electron chi connectivity index (χ2n) is 8.86. The largest absolute Gasteiger partial charge is 0.497 e. The quantitative estimate of drug-likeness (QED) is 0.196. The van der Waals surface area contributed by atoms with Crippen molar-refractivity contribution in [2.45, 2.75) is 26.4 Å². The Hall–Kier alpha value is -4.12. The van der Waals surface area contributed by atoms with Gasteiger partial charge < -0.3 is 13.9 Å². The molecule has 0 aliphatic heterocycles. The summed E-state index contributed by atoms with van der Waals surface area (Å²) in [5.41, 5.74) is 3.23. The summed E-state index contributed by atoms with van der Waals surface area (Å²) in [6.45, 7) is 5.48. The summed E-state index contributed by atoms with van der Waals surface area (Å²) in [5.74, 6) is 0.209. The van der Waals surface area contributed by atoms with E-state index >= 15 is 0 Å². The first-order chi connectivity index (χ1) is 16.2. The maximum Gasteiger partial charge on any atom is 0.344 e. The van der Waals surface area contributed by atoms with Crippen LogP contribution in [0.1, 0.15) is 26.3 Å². The minimum atomic E-state index is -0.544. The molecular weight excluding hydrogens is 428 g/mol. The van der Waals surface area contributed by atoms with Crippen LogP contribution in [0.3, 0.4) is 0 Å². The van der Waals surface area contributed by atoms with E-state index in [2.05, 4.69) is 0 Å². The van der Waals surface area contributed by atoms with Crippen LogP contribution in [0.4, 0.5) is 0 Å². The van der Waals surface area contributed by atoms with Crippen molar-refractivity contribution < 1.29 is 18.7 Å².